The molecule has 8 nitrogen and oxygen atoms in total. The summed E-state index contributed by atoms with van der Waals surface area (Å²) in [6.07, 6.45) is 44.7. The lowest BCUT2D eigenvalue weighted by molar-refractivity contribution is -0.870. The number of carbonyl (C=O) groups excluding carboxylic acids is 1. The average molecular weight is 800 g/mol. The molecule has 326 valence electrons. The van der Waals surface area contributed by atoms with E-state index in [0.29, 0.717) is 24.1 Å². The number of likely N-dealkylation sites (N-methyl/N-ethyl adjacent to an activating group) is 1. The Morgan fingerprint density at radius 1 is 0.545 bits per heavy atom. The molecule has 0 amide bonds. The van der Waals surface area contributed by atoms with Gasteiger partial charge in [0.15, 0.2) is 0 Å². The fourth-order valence-electron chi connectivity index (χ4n) is 6.36. The van der Waals surface area contributed by atoms with Crippen molar-refractivity contribution in [1.29, 1.82) is 0 Å². The molecule has 0 saturated carbocycles. The van der Waals surface area contributed by atoms with Gasteiger partial charge in [-0.05, 0) is 64.2 Å². The van der Waals surface area contributed by atoms with Gasteiger partial charge in [0.2, 0.25) is 0 Å². The SMILES string of the molecule is CCCCCC/C=C\CCCCCCCCOCC(COP(=O)([O-])OCC[N+](C)(C)C)OC(=O)CCCCCCCCCCC/C=C\CCCCCCCC. The van der Waals surface area contributed by atoms with Crippen LogP contribution in [0.15, 0.2) is 24.3 Å². The highest BCUT2D eigenvalue weighted by atomic mass is 31.2. The van der Waals surface area contributed by atoms with Crippen molar-refractivity contribution in [3.8, 4) is 0 Å². The molecule has 0 radical (unpaired) electrons. The Balaban J connectivity index is 4.19. The van der Waals surface area contributed by atoms with Gasteiger partial charge in [-0.15, -0.1) is 0 Å². The van der Waals surface area contributed by atoms with Crippen LogP contribution in [0.25, 0.3) is 0 Å². The van der Waals surface area contributed by atoms with Gasteiger partial charge in [-0.1, -0.05) is 160 Å². The quantitative estimate of drug-likeness (QED) is 0.0199. The molecule has 0 aromatic rings. The average Bonchev–Trinajstić information content (AvgIpc) is 3.13. The molecule has 0 aliphatic heterocycles. The number of hydrogen-bond donors (Lipinski definition) is 0. The molecule has 0 aliphatic rings. The molecule has 0 N–H and O–H groups in total. The first-order chi connectivity index (χ1) is 26.6. The van der Waals surface area contributed by atoms with Crippen molar-refractivity contribution >= 4 is 13.8 Å². The molecule has 0 rings (SSSR count). The van der Waals surface area contributed by atoms with Gasteiger partial charge in [0.05, 0.1) is 34.4 Å². The van der Waals surface area contributed by atoms with E-state index in [9.17, 15) is 14.3 Å². The summed E-state index contributed by atoms with van der Waals surface area (Å²) in [6, 6.07) is 0. The fourth-order valence-corrected chi connectivity index (χ4v) is 7.09. The van der Waals surface area contributed by atoms with Crippen LogP contribution in [-0.4, -0.2) is 70.7 Å². The molecule has 2 atom stereocenters. The number of phosphoric ester groups is 1. The molecule has 0 aromatic carbocycles. The third-order valence-corrected chi connectivity index (χ3v) is 10.9. The van der Waals surface area contributed by atoms with Gasteiger partial charge >= 0.3 is 5.97 Å². The Morgan fingerprint density at radius 2 is 0.945 bits per heavy atom. The summed E-state index contributed by atoms with van der Waals surface area (Å²) >= 11 is 0. The number of ether oxygens (including phenoxy) is 2. The van der Waals surface area contributed by atoms with E-state index in [2.05, 4.69) is 38.2 Å². The highest BCUT2D eigenvalue weighted by Crippen LogP contribution is 2.38. The maximum absolute atomic E-state index is 12.7. The lowest BCUT2D eigenvalue weighted by Crippen LogP contribution is -2.37. The van der Waals surface area contributed by atoms with E-state index in [1.54, 1.807) is 0 Å². The first-order valence-electron chi connectivity index (χ1n) is 23.1. The van der Waals surface area contributed by atoms with E-state index < -0.39 is 13.9 Å². The van der Waals surface area contributed by atoms with Gasteiger partial charge in [-0.2, -0.15) is 0 Å². The summed E-state index contributed by atoms with van der Waals surface area (Å²) in [6.45, 7) is 5.40. The van der Waals surface area contributed by atoms with Crippen molar-refractivity contribution in [1.82, 2.24) is 0 Å². The minimum absolute atomic E-state index is 0.0258. The van der Waals surface area contributed by atoms with Gasteiger partial charge in [-0.25, -0.2) is 0 Å². The second-order valence-electron chi connectivity index (χ2n) is 16.8. The summed E-state index contributed by atoms with van der Waals surface area (Å²) in [7, 11) is 1.36. The molecule has 0 bridgehead atoms. The minimum Gasteiger partial charge on any atom is -0.756 e. The Kier molecular flexibility index (Phi) is 39.1. The molecule has 0 aromatic heterocycles. The van der Waals surface area contributed by atoms with E-state index in [1.807, 2.05) is 21.1 Å². The van der Waals surface area contributed by atoms with Crippen molar-refractivity contribution in [2.75, 3.05) is 54.1 Å². The summed E-state index contributed by atoms with van der Waals surface area (Å²) in [5.41, 5.74) is 0. The summed E-state index contributed by atoms with van der Waals surface area (Å²) in [5, 5.41) is 0. The third kappa shape index (κ3) is 43.9. The monoisotopic (exact) mass is 800 g/mol. The van der Waals surface area contributed by atoms with Crippen LogP contribution in [0.5, 0.6) is 0 Å². The number of quaternary nitrogens is 1. The Labute approximate surface area is 341 Å². The first kappa shape index (κ1) is 54.0. The highest BCUT2D eigenvalue weighted by molar-refractivity contribution is 7.45. The number of phosphoric acid groups is 1. The van der Waals surface area contributed by atoms with Crippen molar-refractivity contribution < 1.29 is 37.3 Å². The molecule has 55 heavy (non-hydrogen) atoms. The van der Waals surface area contributed by atoms with E-state index in [0.717, 1.165) is 32.1 Å². The Morgan fingerprint density at radius 3 is 1.40 bits per heavy atom. The van der Waals surface area contributed by atoms with Crippen LogP contribution in [-0.2, 0) is 27.9 Å². The standard InChI is InChI=1S/C46H90NO7P/c1-6-8-10-12-14-16-18-20-22-23-24-25-26-27-29-31-33-35-37-39-46(48)54-45(44-53-55(49,50)52-42-40-47(3,4)5)43-51-41-38-36-34-32-30-28-21-19-17-15-13-11-9-7-2/h17,19-20,22,45H,6-16,18,21,23-44H2,1-5H3/b19-17-,22-20-. The molecule has 0 aliphatic carbocycles. The zero-order chi connectivity index (χ0) is 40.6. The highest BCUT2D eigenvalue weighted by Gasteiger charge is 2.20. The van der Waals surface area contributed by atoms with Gasteiger partial charge in [0, 0.05) is 13.0 Å². The maximum Gasteiger partial charge on any atom is 0.306 e. The van der Waals surface area contributed by atoms with Crippen molar-refractivity contribution in [2.24, 2.45) is 0 Å². The van der Waals surface area contributed by atoms with Crippen molar-refractivity contribution in [2.45, 2.75) is 213 Å². The number of esters is 1. The minimum atomic E-state index is -4.52. The predicted molar refractivity (Wildman–Crippen MR) is 231 cm³/mol. The third-order valence-electron chi connectivity index (χ3n) is 9.98. The van der Waals surface area contributed by atoms with Crippen LogP contribution in [0.3, 0.4) is 0 Å². The van der Waals surface area contributed by atoms with E-state index in [1.165, 1.54) is 154 Å². The summed E-state index contributed by atoms with van der Waals surface area (Å²) in [4.78, 5) is 25.1. The van der Waals surface area contributed by atoms with Gasteiger partial charge in [-0.3, -0.25) is 9.36 Å². The smallest absolute Gasteiger partial charge is 0.306 e. The van der Waals surface area contributed by atoms with Crippen molar-refractivity contribution in [3.63, 3.8) is 0 Å². The molecule has 0 saturated heterocycles. The van der Waals surface area contributed by atoms with Crippen LogP contribution in [0, 0.1) is 0 Å². The topological polar surface area (TPSA) is 94.1 Å². The van der Waals surface area contributed by atoms with Crippen LogP contribution < -0.4 is 4.89 Å². The van der Waals surface area contributed by atoms with Crippen LogP contribution in [0.4, 0.5) is 0 Å². The molecule has 9 heteroatoms. The maximum atomic E-state index is 12.7. The molecular weight excluding hydrogens is 709 g/mol. The van der Waals surface area contributed by atoms with Crippen LogP contribution in [0.2, 0.25) is 0 Å². The summed E-state index contributed by atoms with van der Waals surface area (Å²) < 4.78 is 34.6. The zero-order valence-corrected chi connectivity index (χ0v) is 37.8. The Hall–Kier alpha value is -1.02. The number of carbonyl (C=O) groups is 1. The number of nitrogens with zero attached hydrogens (tertiary/aromatic N) is 1. The largest absolute Gasteiger partial charge is 0.756 e. The van der Waals surface area contributed by atoms with Crippen LogP contribution >= 0.6 is 7.82 Å². The fraction of sp³-hybridized carbons (Fsp3) is 0.891. The molecule has 0 fully saturated rings. The van der Waals surface area contributed by atoms with Gasteiger partial charge in [0.1, 0.15) is 19.3 Å². The lowest BCUT2D eigenvalue weighted by Gasteiger charge is -2.28. The number of allylic oxidation sites excluding steroid dienone is 4. The molecular formula is C46H90NO7P. The van der Waals surface area contributed by atoms with E-state index in [4.69, 9.17) is 18.5 Å². The predicted octanol–water partition coefficient (Wildman–Crippen LogP) is 13.0. The number of unbranched alkanes of at least 4 members (excludes halogenated alkanes) is 25. The van der Waals surface area contributed by atoms with Gasteiger partial charge < -0.3 is 27.9 Å². The molecule has 2 unspecified atom stereocenters. The normalized spacial score (nSPS) is 13.9. The second kappa shape index (κ2) is 39.8. The molecule has 0 heterocycles. The first-order valence-corrected chi connectivity index (χ1v) is 24.5. The second-order valence-corrected chi connectivity index (χ2v) is 18.2. The number of hydrogen-bond acceptors (Lipinski definition) is 7. The lowest BCUT2D eigenvalue weighted by atomic mass is 10.1. The molecule has 0 spiro atoms. The Bertz CT molecular complexity index is 936. The van der Waals surface area contributed by atoms with Gasteiger partial charge in [0.25, 0.3) is 7.82 Å². The zero-order valence-electron chi connectivity index (χ0n) is 36.9. The van der Waals surface area contributed by atoms with Crippen LogP contribution in [0.1, 0.15) is 206 Å². The summed E-state index contributed by atoms with van der Waals surface area (Å²) in [5.74, 6) is -0.337. The van der Waals surface area contributed by atoms with E-state index >= 15 is 0 Å². The van der Waals surface area contributed by atoms with Crippen molar-refractivity contribution in [3.05, 3.63) is 24.3 Å². The van der Waals surface area contributed by atoms with E-state index in [-0.39, 0.29) is 25.8 Å². The number of rotatable bonds is 43.